The fraction of sp³-hybridized carbons (Fsp3) is 0.680. The van der Waals surface area contributed by atoms with Crippen LogP contribution < -0.4 is 11.1 Å². The van der Waals surface area contributed by atoms with Gasteiger partial charge in [-0.15, -0.1) is 0 Å². The van der Waals surface area contributed by atoms with E-state index < -0.39 is 116 Å². The quantitative estimate of drug-likeness (QED) is 0.142. The molecule has 13 N–H and O–H groups in total. The first-order chi connectivity index (χ1) is 32.5. The first kappa shape index (κ1) is 58.9. The summed E-state index contributed by atoms with van der Waals surface area (Å²) in [6.07, 6.45) is 10.5. The third-order valence-electron chi connectivity index (χ3n) is 12.1. The molecule has 1 saturated carbocycles. The zero-order chi connectivity index (χ0) is 50.0. The number of ether oxygens (including phenoxy) is 4. The van der Waals surface area contributed by atoms with E-state index in [1.165, 1.54) is 0 Å². The van der Waals surface area contributed by atoms with E-state index in [-0.39, 0.29) is 70.5 Å². The summed E-state index contributed by atoms with van der Waals surface area (Å²) in [7, 11) is 0. The number of hydrogen-bond donors (Lipinski definition) is 12. The third-order valence-corrected chi connectivity index (χ3v) is 12.1. The summed E-state index contributed by atoms with van der Waals surface area (Å²) in [5.74, 6) is -2.41. The average molecular weight is 965 g/mol. The number of nitrogens with two attached hydrogens (primary N) is 1. The van der Waals surface area contributed by atoms with Crippen molar-refractivity contribution in [2.24, 2.45) is 23.5 Å². The van der Waals surface area contributed by atoms with E-state index in [0.29, 0.717) is 12.5 Å². The summed E-state index contributed by atoms with van der Waals surface area (Å²) in [4.78, 5) is 26.3. The molecule has 0 radical (unpaired) electrons. The number of hydrogen-bond acceptors (Lipinski definition) is 17. The minimum absolute atomic E-state index is 0.0399. The lowest BCUT2D eigenvalue weighted by Gasteiger charge is -2.38. The van der Waals surface area contributed by atoms with E-state index in [1.54, 1.807) is 49.5 Å². The van der Waals surface area contributed by atoms with Crippen LogP contribution in [0.4, 0.5) is 0 Å². The first-order valence-corrected chi connectivity index (χ1v) is 24.0. The second kappa shape index (κ2) is 32.4. The number of aliphatic hydroxyl groups is 10. The molecule has 3 aliphatic rings. The number of amides is 1. The Bertz CT molecular complexity index is 1650. The van der Waals surface area contributed by atoms with Gasteiger partial charge < -0.3 is 81.1 Å². The van der Waals surface area contributed by atoms with Gasteiger partial charge in [-0.05, 0) is 57.8 Å². The molecule has 16 atom stereocenters. The Morgan fingerprint density at radius 1 is 0.721 bits per heavy atom. The van der Waals surface area contributed by atoms with Crippen LogP contribution in [-0.4, -0.2) is 175 Å². The molecule has 0 aromatic rings. The molecule has 386 valence electrons. The van der Waals surface area contributed by atoms with Crippen molar-refractivity contribution < 1.29 is 79.6 Å². The molecular weight excluding hydrogens is 885 g/mol. The third kappa shape index (κ3) is 23.4. The topological polar surface area (TPSA) is 311 Å². The van der Waals surface area contributed by atoms with Crippen LogP contribution in [-0.2, 0) is 28.5 Å². The van der Waals surface area contributed by atoms with Gasteiger partial charge in [0.05, 0.1) is 86.0 Å². The summed E-state index contributed by atoms with van der Waals surface area (Å²) in [5, 5.41) is 109. The predicted octanol–water partition coefficient (Wildman–Crippen LogP) is 0.809. The molecule has 1 aliphatic carbocycles. The van der Waals surface area contributed by atoms with Crippen LogP contribution in [0.5, 0.6) is 0 Å². The fourth-order valence-electron chi connectivity index (χ4n) is 7.66. The van der Waals surface area contributed by atoms with Crippen molar-refractivity contribution in [3.8, 4) is 0 Å². The number of allylic oxidation sites excluding steroid dienone is 12. The molecule has 1 saturated heterocycles. The molecular formula is C50H80N2O16. The molecule has 0 aromatic carbocycles. The highest BCUT2D eigenvalue weighted by Crippen LogP contribution is 2.29. The fourth-order valence-corrected chi connectivity index (χ4v) is 7.66. The Kier molecular flexibility index (Phi) is 28.1. The largest absolute Gasteiger partial charge is 0.462 e. The van der Waals surface area contributed by atoms with E-state index in [2.05, 4.69) is 5.32 Å². The van der Waals surface area contributed by atoms with E-state index in [9.17, 15) is 60.7 Å². The minimum Gasteiger partial charge on any atom is -0.462 e. The lowest BCUT2D eigenvalue weighted by atomic mass is 9.88. The Morgan fingerprint density at radius 2 is 1.32 bits per heavy atom. The molecule has 2 heterocycles. The normalized spacial score (nSPS) is 38.6. The number of esters is 1. The van der Waals surface area contributed by atoms with Crippen LogP contribution in [0.3, 0.4) is 0 Å². The molecule has 2 fully saturated rings. The Hall–Kier alpha value is -3.44. The van der Waals surface area contributed by atoms with Crippen LogP contribution in [0.25, 0.3) is 0 Å². The van der Waals surface area contributed by atoms with E-state index >= 15 is 0 Å². The number of aliphatic hydroxyl groups excluding tert-OH is 10. The monoisotopic (exact) mass is 965 g/mol. The van der Waals surface area contributed by atoms with Gasteiger partial charge in [0.2, 0.25) is 5.91 Å². The Balaban J connectivity index is 1.87. The van der Waals surface area contributed by atoms with Gasteiger partial charge >= 0.3 is 5.97 Å². The second-order valence-corrected chi connectivity index (χ2v) is 18.2. The summed E-state index contributed by atoms with van der Waals surface area (Å²) in [5.41, 5.74) is 6.03. The zero-order valence-electron chi connectivity index (χ0n) is 39.5. The predicted molar refractivity (Wildman–Crippen MR) is 253 cm³/mol. The maximum absolute atomic E-state index is 13.8. The maximum Gasteiger partial charge on any atom is 0.308 e. The molecule has 1 amide bonds. The standard InChI is InChI=1S/C50H80N2O16/c1-32-15-13-11-9-7-5-3-4-6-8-10-12-14-16-38(68-50-48(63)47(51)43(61)31-66-50)29-44(46(40(58)21-23-53)49(64)52-30-34-17-18-34)65-24-22-36(55)27-42(60)39(57)20-19-35(54)26-37(56)28-45(62)67-33(2)25-41(32)59/h3-16,32-44,46-48,50,53-61,63H,17-31,51H2,1-2H3,(H,52,64)/b4-3+,7-5+,8-6+,11-9+,12-10+,15-13+,16-14+/t32-,33-,35?,36?,37?,38?,39?,40-,41-,42?,43+,44-,46+,47-,48-,50-/m0/s1. The summed E-state index contributed by atoms with van der Waals surface area (Å²) < 4.78 is 23.5. The van der Waals surface area contributed by atoms with Crippen LogP contribution in [0, 0.1) is 17.8 Å². The molecule has 6 unspecified atom stereocenters. The Morgan fingerprint density at radius 3 is 1.94 bits per heavy atom. The second-order valence-electron chi connectivity index (χ2n) is 18.2. The molecule has 3 rings (SSSR count). The van der Waals surface area contributed by atoms with Gasteiger partial charge in [0.1, 0.15) is 12.2 Å². The van der Waals surface area contributed by atoms with Gasteiger partial charge in [0.15, 0.2) is 6.29 Å². The average Bonchev–Trinajstić information content (AvgIpc) is 4.12. The van der Waals surface area contributed by atoms with Crippen molar-refractivity contribution in [3.05, 3.63) is 85.1 Å². The highest BCUT2D eigenvalue weighted by atomic mass is 16.7. The SMILES string of the molecule is C[C@H]1C[C@H](O)[C@@H](C)/C=C/C=C/C=C/C=C/C=C/C=C/C=C/C(O[C@@H]2OC[C@@H](O)[C@H](N)[C@@H]2O)C[C@@H]([C@H](C(=O)NCC2CC2)[C@@H](O)CCO)OCCC(O)CC(O)C(O)CCC(O)CC(O)CC(=O)O1. The van der Waals surface area contributed by atoms with E-state index in [0.717, 1.165) is 12.8 Å². The molecule has 2 aliphatic heterocycles. The summed E-state index contributed by atoms with van der Waals surface area (Å²) in [6, 6.07) is -1.08. The zero-order valence-corrected chi connectivity index (χ0v) is 39.5. The number of rotatable bonds is 9. The van der Waals surface area contributed by atoms with Gasteiger partial charge in [-0.3, -0.25) is 9.59 Å². The van der Waals surface area contributed by atoms with Gasteiger partial charge in [-0.25, -0.2) is 0 Å². The molecule has 0 spiro atoms. The molecule has 18 nitrogen and oxygen atoms in total. The highest BCUT2D eigenvalue weighted by Gasteiger charge is 2.41. The summed E-state index contributed by atoms with van der Waals surface area (Å²) in [6.45, 7) is 3.01. The van der Waals surface area contributed by atoms with Gasteiger partial charge in [0, 0.05) is 44.9 Å². The highest BCUT2D eigenvalue weighted by molar-refractivity contribution is 5.80. The summed E-state index contributed by atoms with van der Waals surface area (Å²) >= 11 is 0. The van der Waals surface area contributed by atoms with Gasteiger partial charge in [-0.1, -0.05) is 92.0 Å². The number of cyclic esters (lactones) is 1. The number of carbonyl (C=O) groups excluding carboxylic acids is 2. The van der Waals surface area contributed by atoms with Crippen LogP contribution in [0.15, 0.2) is 85.1 Å². The van der Waals surface area contributed by atoms with Crippen molar-refractivity contribution in [1.29, 1.82) is 0 Å². The van der Waals surface area contributed by atoms with E-state index in [1.807, 2.05) is 49.5 Å². The van der Waals surface area contributed by atoms with E-state index in [4.69, 9.17) is 24.7 Å². The maximum atomic E-state index is 13.8. The lowest BCUT2D eigenvalue weighted by Crippen LogP contribution is -2.58. The van der Waals surface area contributed by atoms with Crippen molar-refractivity contribution in [1.82, 2.24) is 5.32 Å². The molecule has 0 bridgehead atoms. The van der Waals surface area contributed by atoms with Crippen molar-refractivity contribution >= 4 is 11.9 Å². The lowest BCUT2D eigenvalue weighted by molar-refractivity contribution is -0.255. The number of nitrogens with one attached hydrogen (secondary N) is 1. The van der Waals surface area contributed by atoms with Crippen molar-refractivity contribution in [2.45, 2.75) is 170 Å². The van der Waals surface area contributed by atoms with Crippen LogP contribution in [0.2, 0.25) is 0 Å². The molecule has 0 aromatic heterocycles. The van der Waals surface area contributed by atoms with Crippen molar-refractivity contribution in [2.75, 3.05) is 26.4 Å². The minimum atomic E-state index is -1.43. The first-order valence-electron chi connectivity index (χ1n) is 24.0. The van der Waals surface area contributed by atoms with Gasteiger partial charge in [-0.2, -0.15) is 0 Å². The number of carbonyl (C=O) groups is 2. The van der Waals surface area contributed by atoms with Crippen LogP contribution in [0.1, 0.15) is 84.5 Å². The van der Waals surface area contributed by atoms with Gasteiger partial charge in [0.25, 0.3) is 0 Å². The Labute approximate surface area is 400 Å². The molecule has 18 heteroatoms. The smallest absolute Gasteiger partial charge is 0.308 e. The molecule has 68 heavy (non-hydrogen) atoms. The van der Waals surface area contributed by atoms with Crippen LogP contribution >= 0.6 is 0 Å². The van der Waals surface area contributed by atoms with Crippen molar-refractivity contribution in [3.63, 3.8) is 0 Å².